The van der Waals surface area contributed by atoms with Gasteiger partial charge < -0.3 is 20.7 Å². The lowest BCUT2D eigenvalue weighted by Crippen LogP contribution is -2.44. The minimum Gasteiger partial charge on any atom is -0.467 e. The summed E-state index contributed by atoms with van der Waals surface area (Å²) in [5, 5.41) is 3.38. The number of nitrogens with one attached hydrogen (secondary N) is 1. The van der Waals surface area contributed by atoms with Crippen LogP contribution >= 0.6 is 0 Å². The third kappa shape index (κ3) is 3.52. The number of nitrogens with two attached hydrogens (primary N) is 1. The molecular weight excluding hydrogens is 369 g/mol. The lowest BCUT2D eigenvalue weighted by atomic mass is 9.73. The quantitative estimate of drug-likeness (QED) is 0.773. The van der Waals surface area contributed by atoms with E-state index in [1.54, 1.807) is 13.2 Å². The average molecular weight is 400 g/mol. The molecule has 6 nitrogen and oxygen atoms in total. The van der Waals surface area contributed by atoms with E-state index in [4.69, 9.17) is 15.5 Å². The first-order valence-corrected chi connectivity index (χ1v) is 10.3. The number of aromatic nitrogens is 2. The van der Waals surface area contributed by atoms with Gasteiger partial charge in [0, 0.05) is 31.7 Å². The van der Waals surface area contributed by atoms with Gasteiger partial charge in [-0.2, -0.15) is 9.97 Å². The Bertz CT molecular complexity index is 900. The number of fused-ring (bicyclic) bond motifs is 1. The van der Waals surface area contributed by atoms with Crippen LogP contribution in [0.15, 0.2) is 6.07 Å². The SMILES string of the molecule is COc1nc2c(c(N3CCNCC3)n1)CC(C)C(c1c(C)c(C)cc(N)c1F)C2. The summed E-state index contributed by atoms with van der Waals surface area (Å²) in [7, 11) is 1.59. The summed E-state index contributed by atoms with van der Waals surface area (Å²) in [6.07, 6.45) is 1.48. The number of hydrogen-bond acceptors (Lipinski definition) is 6. The molecule has 2 aliphatic rings. The van der Waals surface area contributed by atoms with Gasteiger partial charge in [-0.25, -0.2) is 4.39 Å². The van der Waals surface area contributed by atoms with E-state index in [0.29, 0.717) is 12.4 Å². The third-order valence-electron chi connectivity index (χ3n) is 6.50. The molecule has 2 unspecified atom stereocenters. The Labute approximate surface area is 171 Å². The van der Waals surface area contributed by atoms with Crippen molar-refractivity contribution < 1.29 is 9.13 Å². The molecule has 3 N–H and O–H groups in total. The number of ether oxygens (including phenoxy) is 1. The zero-order valence-electron chi connectivity index (χ0n) is 17.7. The van der Waals surface area contributed by atoms with Gasteiger partial charge in [0.25, 0.3) is 0 Å². The second kappa shape index (κ2) is 7.78. The standard InChI is InChI=1S/C22H30FN5O/c1-12-10-17(24)20(23)19(14(12)3)15-11-18-16(9-13(15)2)21(27-22(26-18)29-4)28-7-5-25-6-8-28/h10,13,15,25H,5-9,11,24H2,1-4H3. The minimum absolute atomic E-state index is 0.0279. The number of rotatable bonds is 3. The third-order valence-corrected chi connectivity index (χ3v) is 6.50. The molecule has 2 atom stereocenters. The molecule has 2 aromatic rings. The first-order valence-electron chi connectivity index (χ1n) is 10.3. The van der Waals surface area contributed by atoms with Crippen LogP contribution in [-0.4, -0.2) is 43.3 Å². The highest BCUT2D eigenvalue weighted by atomic mass is 19.1. The maximum Gasteiger partial charge on any atom is 0.318 e. The van der Waals surface area contributed by atoms with Crippen molar-refractivity contribution in [2.75, 3.05) is 43.9 Å². The molecule has 1 fully saturated rings. The molecule has 0 spiro atoms. The highest BCUT2D eigenvalue weighted by Gasteiger charge is 2.35. The molecule has 0 bridgehead atoms. The van der Waals surface area contributed by atoms with Gasteiger partial charge in [-0.05, 0) is 61.3 Å². The van der Waals surface area contributed by atoms with Crippen LogP contribution in [0.25, 0.3) is 0 Å². The van der Waals surface area contributed by atoms with Crippen LogP contribution in [0.5, 0.6) is 6.01 Å². The van der Waals surface area contributed by atoms with E-state index in [0.717, 1.165) is 60.8 Å². The maximum absolute atomic E-state index is 15.1. The van der Waals surface area contributed by atoms with E-state index in [1.165, 1.54) is 5.56 Å². The molecule has 0 saturated carbocycles. The van der Waals surface area contributed by atoms with Crippen molar-refractivity contribution in [2.45, 2.75) is 39.5 Å². The van der Waals surface area contributed by atoms with Crippen molar-refractivity contribution >= 4 is 11.5 Å². The first-order chi connectivity index (χ1) is 13.9. The fraction of sp³-hybridized carbons (Fsp3) is 0.545. The molecule has 156 valence electrons. The molecule has 0 amide bonds. The number of piperazine rings is 1. The van der Waals surface area contributed by atoms with Crippen LogP contribution in [0, 0.1) is 25.6 Å². The van der Waals surface area contributed by atoms with Crippen LogP contribution < -0.4 is 20.7 Å². The van der Waals surface area contributed by atoms with Crippen LogP contribution in [-0.2, 0) is 12.8 Å². The van der Waals surface area contributed by atoms with Crippen LogP contribution in [0.3, 0.4) is 0 Å². The predicted molar refractivity (Wildman–Crippen MR) is 113 cm³/mol. The normalized spacial score (nSPS) is 21.8. The number of anilines is 2. The van der Waals surface area contributed by atoms with E-state index in [1.807, 2.05) is 13.8 Å². The zero-order chi connectivity index (χ0) is 20.7. The van der Waals surface area contributed by atoms with E-state index in [9.17, 15) is 0 Å². The Morgan fingerprint density at radius 3 is 2.62 bits per heavy atom. The summed E-state index contributed by atoms with van der Waals surface area (Å²) >= 11 is 0. The van der Waals surface area contributed by atoms with E-state index < -0.39 is 0 Å². The van der Waals surface area contributed by atoms with Crippen molar-refractivity contribution in [3.8, 4) is 6.01 Å². The summed E-state index contributed by atoms with van der Waals surface area (Å²) in [5.74, 6) is 0.979. The first kappa shape index (κ1) is 19.9. The molecule has 29 heavy (non-hydrogen) atoms. The van der Waals surface area contributed by atoms with Gasteiger partial charge >= 0.3 is 6.01 Å². The second-order valence-electron chi connectivity index (χ2n) is 8.32. The van der Waals surface area contributed by atoms with Gasteiger partial charge in [0.2, 0.25) is 0 Å². The number of aryl methyl sites for hydroxylation is 1. The largest absolute Gasteiger partial charge is 0.467 e. The van der Waals surface area contributed by atoms with Crippen molar-refractivity contribution in [3.05, 3.63) is 39.8 Å². The summed E-state index contributed by atoms with van der Waals surface area (Å²) in [4.78, 5) is 11.7. The molecular formula is C22H30FN5O. The summed E-state index contributed by atoms with van der Waals surface area (Å²) in [5.41, 5.74) is 11.1. The molecule has 4 rings (SSSR count). The van der Waals surface area contributed by atoms with Crippen molar-refractivity contribution in [1.29, 1.82) is 0 Å². The Morgan fingerprint density at radius 1 is 1.21 bits per heavy atom. The second-order valence-corrected chi connectivity index (χ2v) is 8.32. The number of halogens is 1. The van der Waals surface area contributed by atoms with Crippen molar-refractivity contribution in [3.63, 3.8) is 0 Å². The summed E-state index contributed by atoms with van der Waals surface area (Å²) in [6, 6.07) is 2.11. The Morgan fingerprint density at radius 2 is 1.93 bits per heavy atom. The molecule has 7 heteroatoms. The molecule has 0 radical (unpaired) electrons. The minimum atomic E-state index is -0.281. The van der Waals surface area contributed by atoms with Crippen molar-refractivity contribution in [2.24, 2.45) is 5.92 Å². The lowest BCUT2D eigenvalue weighted by Gasteiger charge is -2.36. The van der Waals surface area contributed by atoms with Gasteiger partial charge in [-0.1, -0.05) is 6.92 Å². The average Bonchev–Trinajstić information content (AvgIpc) is 2.73. The summed E-state index contributed by atoms with van der Waals surface area (Å²) < 4.78 is 20.5. The fourth-order valence-electron chi connectivity index (χ4n) is 4.74. The number of benzene rings is 1. The van der Waals surface area contributed by atoms with E-state index in [-0.39, 0.29) is 23.3 Å². The number of methoxy groups -OCH3 is 1. The Hall–Kier alpha value is -2.41. The highest BCUT2D eigenvalue weighted by molar-refractivity contribution is 5.55. The molecule has 1 saturated heterocycles. The highest BCUT2D eigenvalue weighted by Crippen LogP contribution is 2.43. The maximum atomic E-state index is 15.1. The topological polar surface area (TPSA) is 76.3 Å². The van der Waals surface area contributed by atoms with Crippen LogP contribution in [0.2, 0.25) is 0 Å². The fourth-order valence-corrected chi connectivity index (χ4v) is 4.74. The van der Waals surface area contributed by atoms with Crippen molar-refractivity contribution in [1.82, 2.24) is 15.3 Å². The van der Waals surface area contributed by atoms with Crippen LogP contribution in [0.1, 0.15) is 40.8 Å². The van der Waals surface area contributed by atoms with Gasteiger partial charge in [0.05, 0.1) is 18.5 Å². The zero-order valence-corrected chi connectivity index (χ0v) is 17.7. The Balaban J connectivity index is 1.78. The van der Waals surface area contributed by atoms with Gasteiger partial charge in [-0.15, -0.1) is 0 Å². The van der Waals surface area contributed by atoms with Gasteiger partial charge in [0.1, 0.15) is 11.6 Å². The molecule has 1 aliphatic carbocycles. The summed E-state index contributed by atoms with van der Waals surface area (Å²) in [6.45, 7) is 9.86. The number of hydrogen-bond donors (Lipinski definition) is 2. The molecule has 1 aliphatic heterocycles. The monoisotopic (exact) mass is 399 g/mol. The molecule has 2 heterocycles. The van der Waals surface area contributed by atoms with E-state index in [2.05, 4.69) is 22.1 Å². The molecule has 1 aromatic heterocycles. The molecule has 1 aromatic carbocycles. The lowest BCUT2D eigenvalue weighted by molar-refractivity contribution is 0.364. The number of nitrogens with zero attached hydrogens (tertiary/aromatic N) is 3. The van der Waals surface area contributed by atoms with Gasteiger partial charge in [0.15, 0.2) is 0 Å². The Kier molecular flexibility index (Phi) is 5.34. The van der Waals surface area contributed by atoms with Gasteiger partial charge in [-0.3, -0.25) is 0 Å². The van der Waals surface area contributed by atoms with E-state index >= 15 is 4.39 Å². The van der Waals surface area contributed by atoms with Crippen LogP contribution in [0.4, 0.5) is 15.9 Å². The predicted octanol–water partition coefficient (Wildman–Crippen LogP) is 2.75. The number of nitrogen functional groups attached to an aromatic ring is 1. The smallest absolute Gasteiger partial charge is 0.318 e.